The van der Waals surface area contributed by atoms with Gasteiger partial charge in [-0.1, -0.05) is 6.07 Å². The van der Waals surface area contributed by atoms with Crippen molar-refractivity contribution in [1.29, 1.82) is 0 Å². The highest BCUT2D eigenvalue weighted by Crippen LogP contribution is 2.20. The van der Waals surface area contributed by atoms with Gasteiger partial charge in [-0.15, -0.1) is 5.10 Å². The molecule has 0 saturated carbocycles. The molecule has 2 aromatic rings. The molecule has 3 rings (SSSR count). The van der Waals surface area contributed by atoms with Gasteiger partial charge in [0.2, 0.25) is 5.91 Å². The van der Waals surface area contributed by atoms with Crippen LogP contribution in [-0.2, 0) is 4.79 Å². The van der Waals surface area contributed by atoms with Crippen LogP contribution in [-0.4, -0.2) is 62.2 Å². The highest BCUT2D eigenvalue weighted by molar-refractivity contribution is 7.98. The normalized spacial score (nSPS) is 18.0. The fourth-order valence-electron chi connectivity index (χ4n) is 3.03. The van der Waals surface area contributed by atoms with Crippen LogP contribution in [0.25, 0.3) is 5.69 Å². The number of aromatic nitrogens is 4. The Morgan fingerprint density at radius 2 is 2.38 bits per heavy atom. The number of hydrogen-bond donors (Lipinski definition) is 1. The van der Waals surface area contributed by atoms with Crippen LogP contribution in [0.15, 0.2) is 30.6 Å². The number of nitrogens with zero attached hydrogens (tertiary/aromatic N) is 5. The molecule has 1 aliphatic heterocycles. The Morgan fingerprint density at radius 3 is 3.17 bits per heavy atom. The molecule has 1 aliphatic rings. The summed E-state index contributed by atoms with van der Waals surface area (Å²) in [5.41, 5.74) is 1.59. The van der Waals surface area contributed by atoms with Gasteiger partial charge in [-0.25, -0.2) is 4.68 Å². The number of hydrogen-bond acceptors (Lipinski definition) is 6. The van der Waals surface area contributed by atoms with Crippen molar-refractivity contribution in [2.24, 2.45) is 0 Å². The standard InChI is InChI=1S/C16H22N6OS/c1-24-10-4-9-21-8-3-7-15(21)16(23)18-13-5-2-6-14(11-13)22-12-17-19-20-22/h2,5-6,11-12,15H,3-4,7-10H2,1H3,(H,18,23). The van der Waals surface area contributed by atoms with E-state index in [1.54, 1.807) is 4.68 Å². The smallest absolute Gasteiger partial charge is 0.241 e. The molecule has 24 heavy (non-hydrogen) atoms. The number of amides is 1. The average Bonchev–Trinajstić information content (AvgIpc) is 3.27. The lowest BCUT2D eigenvalue weighted by Crippen LogP contribution is -2.40. The first-order valence-corrected chi connectivity index (χ1v) is 9.54. The Labute approximate surface area is 145 Å². The lowest BCUT2D eigenvalue weighted by molar-refractivity contribution is -0.120. The number of benzene rings is 1. The van der Waals surface area contributed by atoms with Gasteiger partial charge in [-0.2, -0.15) is 11.8 Å². The van der Waals surface area contributed by atoms with E-state index in [0.29, 0.717) is 0 Å². The first-order valence-electron chi connectivity index (χ1n) is 8.15. The Morgan fingerprint density at radius 1 is 1.46 bits per heavy atom. The molecule has 1 aromatic heterocycles. The molecule has 128 valence electrons. The van der Waals surface area contributed by atoms with Gasteiger partial charge >= 0.3 is 0 Å². The van der Waals surface area contributed by atoms with Gasteiger partial charge in [0.25, 0.3) is 0 Å². The number of nitrogens with one attached hydrogen (secondary N) is 1. The van der Waals surface area contributed by atoms with Crippen molar-refractivity contribution < 1.29 is 4.79 Å². The summed E-state index contributed by atoms with van der Waals surface area (Å²) in [5.74, 6) is 1.21. The quantitative estimate of drug-likeness (QED) is 0.771. The molecule has 1 N–H and O–H groups in total. The number of carbonyl (C=O) groups is 1. The van der Waals surface area contributed by atoms with E-state index in [1.165, 1.54) is 6.33 Å². The molecule has 1 amide bonds. The van der Waals surface area contributed by atoms with Crippen LogP contribution < -0.4 is 5.32 Å². The topological polar surface area (TPSA) is 75.9 Å². The third-order valence-electron chi connectivity index (χ3n) is 4.19. The van der Waals surface area contributed by atoms with Crippen molar-refractivity contribution >= 4 is 23.4 Å². The number of anilines is 1. The molecule has 0 radical (unpaired) electrons. The summed E-state index contributed by atoms with van der Waals surface area (Å²) in [7, 11) is 0. The Balaban J connectivity index is 1.63. The van der Waals surface area contributed by atoms with E-state index >= 15 is 0 Å². The predicted octanol–water partition coefficient (Wildman–Crippen LogP) is 1.82. The molecule has 8 heteroatoms. The third-order valence-corrected chi connectivity index (χ3v) is 4.88. The van der Waals surface area contributed by atoms with E-state index in [9.17, 15) is 4.79 Å². The molecule has 0 aliphatic carbocycles. The molecule has 1 atom stereocenters. The lowest BCUT2D eigenvalue weighted by atomic mass is 10.2. The van der Waals surface area contributed by atoms with Crippen LogP contribution in [0.2, 0.25) is 0 Å². The maximum absolute atomic E-state index is 12.7. The second-order valence-corrected chi connectivity index (χ2v) is 6.82. The highest BCUT2D eigenvalue weighted by Gasteiger charge is 2.30. The molecule has 0 bridgehead atoms. The van der Waals surface area contributed by atoms with Crippen molar-refractivity contribution in [2.75, 3.05) is 30.4 Å². The molecule has 2 heterocycles. The number of likely N-dealkylation sites (tertiary alicyclic amines) is 1. The van der Waals surface area contributed by atoms with Gasteiger partial charge in [0.1, 0.15) is 6.33 Å². The lowest BCUT2D eigenvalue weighted by Gasteiger charge is -2.23. The monoisotopic (exact) mass is 346 g/mol. The summed E-state index contributed by atoms with van der Waals surface area (Å²) in [5, 5.41) is 14.2. The van der Waals surface area contributed by atoms with Gasteiger partial charge in [-0.3, -0.25) is 9.69 Å². The molecular weight excluding hydrogens is 324 g/mol. The fraction of sp³-hybridized carbons (Fsp3) is 0.500. The van der Waals surface area contributed by atoms with E-state index in [2.05, 4.69) is 32.0 Å². The number of tetrazole rings is 1. The number of carbonyl (C=O) groups excluding carboxylic acids is 1. The summed E-state index contributed by atoms with van der Waals surface area (Å²) in [6.07, 6.45) is 6.79. The summed E-state index contributed by atoms with van der Waals surface area (Å²) in [4.78, 5) is 15.0. The van der Waals surface area contributed by atoms with Crippen LogP contribution in [0.1, 0.15) is 19.3 Å². The Bertz CT molecular complexity index is 662. The van der Waals surface area contributed by atoms with Crippen LogP contribution in [0, 0.1) is 0 Å². The second-order valence-electron chi connectivity index (χ2n) is 5.83. The van der Waals surface area contributed by atoms with Crippen LogP contribution in [0.3, 0.4) is 0 Å². The average molecular weight is 346 g/mol. The van der Waals surface area contributed by atoms with E-state index in [4.69, 9.17) is 0 Å². The SMILES string of the molecule is CSCCCN1CCCC1C(=O)Nc1cccc(-n2cnnn2)c1. The number of rotatable bonds is 7. The summed E-state index contributed by atoms with van der Waals surface area (Å²) in [6, 6.07) is 7.52. The first-order chi connectivity index (χ1) is 11.8. The Hall–Kier alpha value is -1.93. The third kappa shape index (κ3) is 4.12. The Kier molecular flexibility index (Phi) is 5.81. The van der Waals surface area contributed by atoms with E-state index < -0.39 is 0 Å². The van der Waals surface area contributed by atoms with Crippen molar-refractivity contribution in [3.8, 4) is 5.69 Å². The van der Waals surface area contributed by atoms with E-state index in [0.717, 1.165) is 49.5 Å². The van der Waals surface area contributed by atoms with Crippen molar-refractivity contribution in [1.82, 2.24) is 25.1 Å². The minimum atomic E-state index is -0.0245. The first kappa shape index (κ1) is 16.9. The molecule has 1 saturated heterocycles. The van der Waals surface area contributed by atoms with Crippen molar-refractivity contribution in [3.63, 3.8) is 0 Å². The minimum Gasteiger partial charge on any atom is -0.325 e. The summed E-state index contributed by atoms with van der Waals surface area (Å²) < 4.78 is 1.57. The highest BCUT2D eigenvalue weighted by atomic mass is 32.2. The maximum atomic E-state index is 12.7. The second kappa shape index (κ2) is 8.25. The predicted molar refractivity (Wildman–Crippen MR) is 95.4 cm³/mol. The zero-order valence-corrected chi connectivity index (χ0v) is 14.6. The van der Waals surface area contributed by atoms with Crippen molar-refractivity contribution in [2.45, 2.75) is 25.3 Å². The molecule has 1 fully saturated rings. The van der Waals surface area contributed by atoms with E-state index in [1.807, 2.05) is 36.0 Å². The van der Waals surface area contributed by atoms with Crippen LogP contribution in [0.5, 0.6) is 0 Å². The van der Waals surface area contributed by atoms with Crippen molar-refractivity contribution in [3.05, 3.63) is 30.6 Å². The van der Waals surface area contributed by atoms with Crippen LogP contribution >= 0.6 is 11.8 Å². The van der Waals surface area contributed by atoms with Crippen LogP contribution in [0.4, 0.5) is 5.69 Å². The largest absolute Gasteiger partial charge is 0.325 e. The van der Waals surface area contributed by atoms with E-state index in [-0.39, 0.29) is 11.9 Å². The fourth-order valence-corrected chi connectivity index (χ4v) is 3.45. The van der Waals surface area contributed by atoms with Gasteiger partial charge in [0, 0.05) is 5.69 Å². The summed E-state index contributed by atoms with van der Waals surface area (Å²) in [6.45, 7) is 2.00. The molecule has 0 spiro atoms. The molecule has 1 aromatic carbocycles. The minimum absolute atomic E-state index is 0.0245. The molecule has 7 nitrogen and oxygen atoms in total. The molecule has 1 unspecified atom stereocenters. The van der Waals surface area contributed by atoms with Gasteiger partial charge in [0.15, 0.2) is 0 Å². The number of thioether (sulfide) groups is 1. The zero-order chi connectivity index (χ0) is 16.8. The summed E-state index contributed by atoms with van der Waals surface area (Å²) >= 11 is 1.85. The molecular formula is C16H22N6OS. The zero-order valence-electron chi connectivity index (χ0n) is 13.8. The van der Waals surface area contributed by atoms with Gasteiger partial charge in [0.05, 0.1) is 11.7 Å². The van der Waals surface area contributed by atoms with Gasteiger partial charge in [-0.05, 0) is 73.0 Å². The maximum Gasteiger partial charge on any atom is 0.241 e. The van der Waals surface area contributed by atoms with Gasteiger partial charge < -0.3 is 5.32 Å².